The summed E-state index contributed by atoms with van der Waals surface area (Å²) in [4.78, 5) is 27.2. The first-order valence-electron chi connectivity index (χ1n) is 6.94. The van der Waals surface area contributed by atoms with Gasteiger partial charge < -0.3 is 19.9 Å². The Morgan fingerprint density at radius 2 is 2.32 bits per heavy atom. The molecule has 0 bridgehead atoms. The Hall–Kier alpha value is -2.83. The number of para-hydroxylation sites is 1. The molecule has 0 saturated carbocycles. The van der Waals surface area contributed by atoms with E-state index in [1.54, 1.807) is 6.20 Å². The molecule has 7 heteroatoms. The number of nitrogens with one attached hydrogen (secondary N) is 2. The molecule has 1 aliphatic rings. The number of cyclic esters (lactones) is 1. The molecule has 1 aromatic carbocycles. The predicted molar refractivity (Wildman–Crippen MR) is 78.4 cm³/mol. The number of hydrogen-bond donors (Lipinski definition) is 2. The van der Waals surface area contributed by atoms with Crippen molar-refractivity contribution < 1.29 is 14.3 Å². The summed E-state index contributed by atoms with van der Waals surface area (Å²) in [5.74, 6) is 0.609. The molecule has 0 unspecified atom stereocenters. The average Bonchev–Trinajstić information content (AvgIpc) is 3.14. The zero-order valence-corrected chi connectivity index (χ0v) is 12.1. The third-order valence-corrected chi connectivity index (χ3v) is 3.52. The van der Waals surface area contributed by atoms with Gasteiger partial charge in [-0.25, -0.2) is 9.78 Å². The van der Waals surface area contributed by atoms with Crippen LogP contribution in [0.5, 0.6) is 0 Å². The van der Waals surface area contributed by atoms with Crippen molar-refractivity contribution in [3.05, 3.63) is 48.0 Å². The highest BCUT2D eigenvalue weighted by molar-refractivity contribution is 5.87. The SMILES string of the molecule is Cc1nccn1-c1ccccc1CNC(=O)[C@@H]1COC(=O)N1. The summed E-state index contributed by atoms with van der Waals surface area (Å²) in [6, 6.07) is 7.13. The van der Waals surface area contributed by atoms with Gasteiger partial charge >= 0.3 is 6.09 Å². The number of ether oxygens (including phenoxy) is 1. The number of benzene rings is 1. The maximum atomic E-state index is 12.0. The van der Waals surface area contributed by atoms with Crippen LogP contribution in [0, 0.1) is 6.92 Å². The molecule has 2 amide bonds. The number of hydrogen-bond acceptors (Lipinski definition) is 4. The number of aromatic nitrogens is 2. The molecule has 2 heterocycles. The minimum absolute atomic E-state index is 0.0624. The third-order valence-electron chi connectivity index (χ3n) is 3.52. The largest absolute Gasteiger partial charge is 0.447 e. The van der Waals surface area contributed by atoms with Crippen LogP contribution < -0.4 is 10.6 Å². The van der Waals surface area contributed by atoms with Crippen molar-refractivity contribution in [3.8, 4) is 5.69 Å². The second kappa shape index (κ2) is 5.88. The lowest BCUT2D eigenvalue weighted by Gasteiger charge is -2.14. The molecule has 2 N–H and O–H groups in total. The van der Waals surface area contributed by atoms with Crippen LogP contribution in [0.25, 0.3) is 5.69 Å². The summed E-state index contributed by atoms with van der Waals surface area (Å²) in [5, 5.41) is 5.27. The molecule has 114 valence electrons. The number of aryl methyl sites for hydroxylation is 1. The fourth-order valence-electron chi connectivity index (χ4n) is 2.36. The van der Waals surface area contributed by atoms with E-state index in [9.17, 15) is 9.59 Å². The van der Waals surface area contributed by atoms with Crippen LogP contribution in [0.2, 0.25) is 0 Å². The van der Waals surface area contributed by atoms with E-state index in [4.69, 9.17) is 4.74 Å². The summed E-state index contributed by atoms with van der Waals surface area (Å²) in [7, 11) is 0. The molecular formula is C15H16N4O3. The van der Waals surface area contributed by atoms with Crippen molar-refractivity contribution in [2.75, 3.05) is 6.61 Å². The van der Waals surface area contributed by atoms with Crippen LogP contribution in [0.15, 0.2) is 36.7 Å². The number of carbonyl (C=O) groups excluding carboxylic acids is 2. The Kier molecular flexibility index (Phi) is 3.78. The van der Waals surface area contributed by atoms with Crippen LogP contribution in [-0.4, -0.2) is 34.2 Å². The summed E-state index contributed by atoms with van der Waals surface area (Å²) in [5.41, 5.74) is 1.92. The predicted octanol–water partition coefficient (Wildman–Crippen LogP) is 0.905. The molecule has 22 heavy (non-hydrogen) atoms. The number of carbonyl (C=O) groups is 2. The van der Waals surface area contributed by atoms with Crippen LogP contribution in [0.1, 0.15) is 11.4 Å². The fraction of sp³-hybridized carbons (Fsp3) is 0.267. The van der Waals surface area contributed by atoms with Gasteiger partial charge in [0.05, 0.1) is 5.69 Å². The molecule has 0 radical (unpaired) electrons. The zero-order chi connectivity index (χ0) is 15.5. The lowest BCUT2D eigenvalue weighted by atomic mass is 10.1. The van der Waals surface area contributed by atoms with Gasteiger partial charge in [0.2, 0.25) is 5.91 Å². The normalized spacial score (nSPS) is 17.0. The van der Waals surface area contributed by atoms with Gasteiger partial charge in [0, 0.05) is 18.9 Å². The molecule has 1 atom stereocenters. The minimum atomic E-state index is -0.630. The molecule has 1 fully saturated rings. The fourth-order valence-corrected chi connectivity index (χ4v) is 2.36. The first-order chi connectivity index (χ1) is 10.6. The van der Waals surface area contributed by atoms with Gasteiger partial charge in [0.15, 0.2) is 0 Å². The van der Waals surface area contributed by atoms with Gasteiger partial charge in [-0.2, -0.15) is 0 Å². The van der Waals surface area contributed by atoms with E-state index < -0.39 is 12.1 Å². The van der Waals surface area contributed by atoms with E-state index in [0.717, 1.165) is 17.1 Å². The molecule has 0 aliphatic carbocycles. The van der Waals surface area contributed by atoms with Crippen molar-refractivity contribution in [2.24, 2.45) is 0 Å². The first-order valence-corrected chi connectivity index (χ1v) is 6.94. The van der Waals surface area contributed by atoms with E-state index in [1.807, 2.05) is 42.0 Å². The molecule has 1 aromatic heterocycles. The Morgan fingerprint density at radius 1 is 1.50 bits per heavy atom. The van der Waals surface area contributed by atoms with E-state index in [1.165, 1.54) is 0 Å². The Labute approximate surface area is 127 Å². The van der Waals surface area contributed by atoms with Crippen LogP contribution >= 0.6 is 0 Å². The number of nitrogens with zero attached hydrogens (tertiary/aromatic N) is 2. The highest BCUT2D eigenvalue weighted by atomic mass is 16.6. The first kappa shape index (κ1) is 14.1. The topological polar surface area (TPSA) is 85.2 Å². The molecule has 0 spiro atoms. The Balaban J connectivity index is 1.72. The molecule has 2 aromatic rings. The molecule has 7 nitrogen and oxygen atoms in total. The van der Waals surface area contributed by atoms with Crippen molar-refractivity contribution in [3.63, 3.8) is 0 Å². The number of alkyl carbamates (subject to hydrolysis) is 1. The van der Waals surface area contributed by atoms with E-state index in [0.29, 0.717) is 6.54 Å². The van der Waals surface area contributed by atoms with E-state index in [2.05, 4.69) is 15.6 Å². The molecule has 1 aliphatic heterocycles. The number of rotatable bonds is 4. The van der Waals surface area contributed by atoms with Crippen molar-refractivity contribution in [1.82, 2.24) is 20.2 Å². The monoisotopic (exact) mass is 300 g/mol. The third kappa shape index (κ3) is 2.78. The van der Waals surface area contributed by atoms with Crippen molar-refractivity contribution >= 4 is 12.0 Å². The van der Waals surface area contributed by atoms with Crippen molar-refractivity contribution in [1.29, 1.82) is 0 Å². The maximum Gasteiger partial charge on any atom is 0.407 e. The molecular weight excluding hydrogens is 284 g/mol. The van der Waals surface area contributed by atoms with Crippen LogP contribution in [0.4, 0.5) is 4.79 Å². The van der Waals surface area contributed by atoms with Crippen molar-refractivity contribution in [2.45, 2.75) is 19.5 Å². The van der Waals surface area contributed by atoms with Gasteiger partial charge in [-0.3, -0.25) is 4.79 Å². The minimum Gasteiger partial charge on any atom is -0.447 e. The second-order valence-corrected chi connectivity index (χ2v) is 4.99. The molecule has 1 saturated heterocycles. The highest BCUT2D eigenvalue weighted by Gasteiger charge is 2.28. The quantitative estimate of drug-likeness (QED) is 0.878. The molecule has 3 rings (SSSR count). The Morgan fingerprint density at radius 3 is 3.00 bits per heavy atom. The van der Waals surface area contributed by atoms with Crippen LogP contribution in [0.3, 0.4) is 0 Å². The number of amides is 2. The smallest absolute Gasteiger partial charge is 0.407 e. The maximum absolute atomic E-state index is 12.0. The summed E-state index contributed by atoms with van der Waals surface area (Å²) in [6.45, 7) is 2.34. The second-order valence-electron chi connectivity index (χ2n) is 4.99. The van der Waals surface area contributed by atoms with Crippen LogP contribution in [-0.2, 0) is 16.1 Å². The Bertz CT molecular complexity index is 710. The van der Waals surface area contributed by atoms with Gasteiger partial charge in [0.1, 0.15) is 18.5 Å². The summed E-state index contributed by atoms with van der Waals surface area (Å²) in [6.07, 6.45) is 3.05. The van der Waals surface area contributed by atoms with Gasteiger partial charge in [0.25, 0.3) is 0 Å². The summed E-state index contributed by atoms with van der Waals surface area (Å²) >= 11 is 0. The lowest BCUT2D eigenvalue weighted by Crippen LogP contribution is -2.42. The van der Waals surface area contributed by atoms with Gasteiger partial charge in [-0.15, -0.1) is 0 Å². The average molecular weight is 300 g/mol. The van der Waals surface area contributed by atoms with E-state index in [-0.39, 0.29) is 12.5 Å². The zero-order valence-electron chi connectivity index (χ0n) is 12.1. The summed E-state index contributed by atoms with van der Waals surface area (Å²) < 4.78 is 6.67. The van der Waals surface area contributed by atoms with E-state index >= 15 is 0 Å². The number of imidazole rings is 1. The highest BCUT2D eigenvalue weighted by Crippen LogP contribution is 2.16. The van der Waals surface area contributed by atoms with Gasteiger partial charge in [-0.1, -0.05) is 18.2 Å². The van der Waals surface area contributed by atoms with Gasteiger partial charge in [-0.05, 0) is 18.6 Å². The standard InChI is InChI=1S/C15H16N4O3/c1-10-16-6-7-19(10)13-5-3-2-4-11(13)8-17-14(20)12-9-22-15(21)18-12/h2-7,12H,8-9H2,1H3,(H,17,20)(H,18,21)/t12-/m0/s1. The lowest BCUT2D eigenvalue weighted by molar-refractivity contribution is -0.122.